The Morgan fingerprint density at radius 2 is 2.33 bits per heavy atom. The summed E-state index contributed by atoms with van der Waals surface area (Å²) >= 11 is 10.4. The quantitative estimate of drug-likeness (QED) is 0.760. The van der Waals surface area contributed by atoms with Crippen LogP contribution in [0.25, 0.3) is 0 Å². The molecule has 64 valence electrons. The minimum atomic E-state index is 0.246. The number of hydrogen-bond acceptors (Lipinski definition) is 2. The Kier molecular flexibility index (Phi) is 3.31. The fraction of sp³-hybridized carbons (Fsp3) is 0.125. The Balaban J connectivity index is 2.57. The molecule has 2 nitrogen and oxygen atoms in total. The predicted molar refractivity (Wildman–Crippen MR) is 53.7 cm³/mol. The molecule has 1 aromatic rings. The predicted octanol–water partition coefficient (Wildman–Crippen LogP) is 2.00. The van der Waals surface area contributed by atoms with Crippen molar-refractivity contribution in [2.45, 2.75) is 0 Å². The summed E-state index contributed by atoms with van der Waals surface area (Å²) in [6, 6.07) is 7.08. The number of halogens is 1. The van der Waals surface area contributed by atoms with Crippen LogP contribution in [0.5, 0.6) is 5.75 Å². The highest BCUT2D eigenvalue weighted by molar-refractivity contribution is 7.80. The van der Waals surface area contributed by atoms with Gasteiger partial charge in [0, 0.05) is 5.02 Å². The van der Waals surface area contributed by atoms with E-state index in [0.717, 1.165) is 0 Å². The van der Waals surface area contributed by atoms with Crippen LogP contribution in [0.3, 0.4) is 0 Å². The summed E-state index contributed by atoms with van der Waals surface area (Å²) in [5, 5.41) is 0.635. The molecule has 0 bridgehead atoms. The zero-order chi connectivity index (χ0) is 8.97. The van der Waals surface area contributed by atoms with E-state index in [1.54, 1.807) is 24.3 Å². The Labute approximate surface area is 81.3 Å². The molecule has 12 heavy (non-hydrogen) atoms. The van der Waals surface area contributed by atoms with Gasteiger partial charge in [0.25, 0.3) is 0 Å². The van der Waals surface area contributed by atoms with Gasteiger partial charge in [-0.05, 0) is 18.2 Å². The third-order valence-corrected chi connectivity index (χ3v) is 1.53. The van der Waals surface area contributed by atoms with Gasteiger partial charge in [0.05, 0.1) is 0 Å². The van der Waals surface area contributed by atoms with Crippen LogP contribution in [0.1, 0.15) is 0 Å². The van der Waals surface area contributed by atoms with E-state index in [4.69, 9.17) is 22.1 Å². The second-order valence-corrected chi connectivity index (χ2v) is 3.17. The van der Waals surface area contributed by atoms with Crippen molar-refractivity contribution in [3.63, 3.8) is 0 Å². The first-order valence-corrected chi connectivity index (χ1v) is 4.14. The van der Waals surface area contributed by atoms with Crippen LogP contribution in [0.2, 0.25) is 5.02 Å². The van der Waals surface area contributed by atoms with Gasteiger partial charge in [-0.2, -0.15) is 0 Å². The molecule has 0 atom stereocenters. The number of ether oxygens (including phenoxy) is 1. The summed E-state index contributed by atoms with van der Waals surface area (Å²) < 4.78 is 5.20. The van der Waals surface area contributed by atoms with Crippen molar-refractivity contribution in [1.29, 1.82) is 0 Å². The Hall–Kier alpha value is -0.800. The standard InChI is InChI=1S/C8H8ClNOS/c9-6-2-1-3-7(4-6)11-5-8(10)12/h1-4H,5H2,(H2,10,12). The van der Waals surface area contributed by atoms with E-state index in [2.05, 4.69) is 12.2 Å². The van der Waals surface area contributed by atoms with Gasteiger partial charge in [0.2, 0.25) is 0 Å². The van der Waals surface area contributed by atoms with Crippen molar-refractivity contribution in [3.05, 3.63) is 29.3 Å². The van der Waals surface area contributed by atoms with Gasteiger partial charge in [0.15, 0.2) is 0 Å². The monoisotopic (exact) mass is 201 g/mol. The average molecular weight is 202 g/mol. The molecule has 0 amide bonds. The lowest BCUT2D eigenvalue weighted by Crippen LogP contribution is -2.17. The summed E-state index contributed by atoms with van der Waals surface area (Å²) in [4.78, 5) is 0.329. The van der Waals surface area contributed by atoms with Crippen molar-refractivity contribution in [1.82, 2.24) is 0 Å². The molecule has 2 N–H and O–H groups in total. The Bertz CT molecular complexity index is 290. The van der Waals surface area contributed by atoms with Crippen LogP contribution < -0.4 is 10.5 Å². The minimum absolute atomic E-state index is 0.246. The lowest BCUT2D eigenvalue weighted by atomic mass is 10.3. The molecule has 1 rings (SSSR count). The van der Waals surface area contributed by atoms with E-state index >= 15 is 0 Å². The van der Waals surface area contributed by atoms with E-state index < -0.39 is 0 Å². The summed E-state index contributed by atoms with van der Waals surface area (Å²) in [5.74, 6) is 0.676. The van der Waals surface area contributed by atoms with Gasteiger partial charge < -0.3 is 10.5 Å². The van der Waals surface area contributed by atoms with Gasteiger partial charge in [-0.1, -0.05) is 29.9 Å². The van der Waals surface area contributed by atoms with Crippen LogP contribution in [-0.4, -0.2) is 11.6 Å². The van der Waals surface area contributed by atoms with Crippen molar-refractivity contribution < 1.29 is 4.74 Å². The number of nitrogens with two attached hydrogens (primary N) is 1. The lowest BCUT2D eigenvalue weighted by Gasteiger charge is -2.03. The largest absolute Gasteiger partial charge is 0.486 e. The van der Waals surface area contributed by atoms with E-state index in [1.165, 1.54) is 0 Å². The van der Waals surface area contributed by atoms with Crippen molar-refractivity contribution >= 4 is 28.8 Å². The second kappa shape index (κ2) is 4.28. The molecule has 1 aromatic carbocycles. The highest BCUT2D eigenvalue weighted by Gasteiger charge is 1.94. The molecule has 4 heteroatoms. The SMILES string of the molecule is NC(=S)COc1cccc(Cl)c1. The number of rotatable bonds is 3. The first-order valence-electron chi connectivity index (χ1n) is 3.35. The third-order valence-electron chi connectivity index (χ3n) is 1.18. The average Bonchev–Trinajstić information content (AvgIpc) is 2.01. The fourth-order valence-corrected chi connectivity index (χ4v) is 0.950. The summed E-state index contributed by atoms with van der Waals surface area (Å²) in [6.07, 6.45) is 0. The van der Waals surface area contributed by atoms with E-state index in [1.807, 2.05) is 0 Å². The topological polar surface area (TPSA) is 35.2 Å². The van der Waals surface area contributed by atoms with Gasteiger partial charge >= 0.3 is 0 Å². The summed E-state index contributed by atoms with van der Waals surface area (Å²) in [6.45, 7) is 0.246. The molecular formula is C8H8ClNOS. The van der Waals surface area contributed by atoms with E-state index in [0.29, 0.717) is 15.8 Å². The number of hydrogen-bond donors (Lipinski definition) is 1. The first-order chi connectivity index (χ1) is 5.68. The van der Waals surface area contributed by atoms with Crippen molar-refractivity contribution in [2.75, 3.05) is 6.61 Å². The molecule has 0 aromatic heterocycles. The molecule has 0 unspecified atom stereocenters. The van der Waals surface area contributed by atoms with E-state index in [9.17, 15) is 0 Å². The van der Waals surface area contributed by atoms with Crippen LogP contribution >= 0.6 is 23.8 Å². The highest BCUT2D eigenvalue weighted by atomic mass is 35.5. The molecule has 0 saturated heterocycles. The normalized spacial score (nSPS) is 9.42. The Morgan fingerprint density at radius 1 is 1.58 bits per heavy atom. The molecule has 0 radical (unpaired) electrons. The Morgan fingerprint density at radius 3 is 2.92 bits per heavy atom. The van der Waals surface area contributed by atoms with Gasteiger partial charge in [0.1, 0.15) is 17.3 Å². The van der Waals surface area contributed by atoms with Crippen LogP contribution in [0, 0.1) is 0 Å². The maximum absolute atomic E-state index is 5.72. The molecular weight excluding hydrogens is 194 g/mol. The molecule has 0 spiro atoms. The minimum Gasteiger partial charge on any atom is -0.486 e. The third kappa shape index (κ3) is 3.07. The smallest absolute Gasteiger partial charge is 0.138 e. The molecule has 0 aliphatic rings. The lowest BCUT2D eigenvalue weighted by molar-refractivity contribution is 0.377. The molecule has 0 fully saturated rings. The molecule has 0 heterocycles. The van der Waals surface area contributed by atoms with Crippen LogP contribution in [0.4, 0.5) is 0 Å². The number of thiocarbonyl (C=S) groups is 1. The van der Waals surface area contributed by atoms with Gasteiger partial charge in [-0.3, -0.25) is 0 Å². The zero-order valence-corrected chi connectivity index (χ0v) is 7.86. The summed E-state index contributed by atoms with van der Waals surface area (Å²) in [7, 11) is 0. The van der Waals surface area contributed by atoms with Crippen molar-refractivity contribution in [2.24, 2.45) is 5.73 Å². The fourth-order valence-electron chi connectivity index (χ4n) is 0.711. The molecule has 0 aliphatic heterocycles. The highest BCUT2D eigenvalue weighted by Crippen LogP contribution is 2.16. The van der Waals surface area contributed by atoms with Gasteiger partial charge in [-0.15, -0.1) is 0 Å². The second-order valence-electron chi connectivity index (χ2n) is 2.21. The molecule has 0 aliphatic carbocycles. The van der Waals surface area contributed by atoms with E-state index in [-0.39, 0.29) is 6.61 Å². The van der Waals surface area contributed by atoms with Gasteiger partial charge in [-0.25, -0.2) is 0 Å². The first kappa shape index (κ1) is 9.29. The maximum Gasteiger partial charge on any atom is 0.138 e. The van der Waals surface area contributed by atoms with Crippen LogP contribution in [-0.2, 0) is 0 Å². The maximum atomic E-state index is 5.72. The zero-order valence-electron chi connectivity index (χ0n) is 6.29. The molecule has 0 saturated carbocycles. The summed E-state index contributed by atoms with van der Waals surface area (Å²) in [5.41, 5.74) is 5.25. The number of benzene rings is 1. The van der Waals surface area contributed by atoms with Crippen molar-refractivity contribution in [3.8, 4) is 5.75 Å². The van der Waals surface area contributed by atoms with Crippen LogP contribution in [0.15, 0.2) is 24.3 Å².